The molecule has 0 radical (unpaired) electrons. The minimum absolute atomic E-state index is 0.136. The summed E-state index contributed by atoms with van der Waals surface area (Å²) in [6.07, 6.45) is -1.09. The summed E-state index contributed by atoms with van der Waals surface area (Å²) in [6, 6.07) is 6.22. The predicted octanol–water partition coefficient (Wildman–Crippen LogP) is 1.67. The lowest BCUT2D eigenvalue weighted by atomic mass is 10.0. The number of hydroxylamine groups is 2. The number of hydrogen-bond acceptors (Lipinski definition) is 7. The van der Waals surface area contributed by atoms with E-state index in [0.29, 0.717) is 18.1 Å². The van der Waals surface area contributed by atoms with E-state index in [9.17, 15) is 19.2 Å². The van der Waals surface area contributed by atoms with Crippen molar-refractivity contribution in [3.63, 3.8) is 0 Å². The molecule has 1 N–H and O–H groups in total. The zero-order chi connectivity index (χ0) is 20.5. The number of carbonyl (C=O) groups excluding carboxylic acids is 4. The average molecular weight is 390 g/mol. The molecule has 0 bridgehead atoms. The lowest BCUT2D eigenvalue weighted by Gasteiger charge is -2.22. The molecule has 9 nitrogen and oxygen atoms in total. The molecule has 0 aliphatic carbocycles. The van der Waals surface area contributed by atoms with Gasteiger partial charge in [0.05, 0.1) is 11.1 Å². The number of hydrogen-bond donors (Lipinski definition) is 1. The lowest BCUT2D eigenvalue weighted by molar-refractivity contribution is -0.181. The van der Waals surface area contributed by atoms with Gasteiger partial charge in [0.15, 0.2) is 6.10 Å². The number of carbonyl (C=O) groups is 4. The monoisotopic (exact) mass is 390 g/mol. The molecule has 150 valence electrons. The third-order valence-corrected chi connectivity index (χ3v) is 4.29. The molecule has 0 aromatic heterocycles. The van der Waals surface area contributed by atoms with Crippen LogP contribution in [0.15, 0.2) is 24.3 Å². The van der Waals surface area contributed by atoms with Crippen LogP contribution in [0.5, 0.6) is 0 Å². The number of rotatable bonds is 4. The number of nitrogens with one attached hydrogen (secondary N) is 1. The average Bonchev–Trinajstić information content (AvgIpc) is 3.18. The number of imide groups is 1. The van der Waals surface area contributed by atoms with Gasteiger partial charge < -0.3 is 19.6 Å². The Kier molecular flexibility index (Phi) is 5.37. The number of amides is 3. The molecule has 1 aromatic carbocycles. The first-order valence-corrected chi connectivity index (χ1v) is 8.95. The maximum absolute atomic E-state index is 12.5. The van der Waals surface area contributed by atoms with Gasteiger partial charge in [-0.15, -0.1) is 0 Å². The van der Waals surface area contributed by atoms with Crippen molar-refractivity contribution in [2.75, 3.05) is 13.2 Å². The van der Waals surface area contributed by atoms with Crippen molar-refractivity contribution in [2.24, 2.45) is 5.92 Å². The summed E-state index contributed by atoms with van der Waals surface area (Å²) in [5.74, 6) is -2.62. The van der Waals surface area contributed by atoms with Crippen molar-refractivity contribution in [1.82, 2.24) is 10.4 Å². The van der Waals surface area contributed by atoms with Gasteiger partial charge in [0, 0.05) is 19.1 Å². The van der Waals surface area contributed by atoms with Crippen LogP contribution in [0.25, 0.3) is 0 Å². The molecule has 28 heavy (non-hydrogen) atoms. The number of fused-ring (bicyclic) bond motifs is 1. The highest BCUT2D eigenvalue weighted by molar-refractivity contribution is 6.20. The van der Waals surface area contributed by atoms with Gasteiger partial charge in [0.1, 0.15) is 5.60 Å². The van der Waals surface area contributed by atoms with Crippen LogP contribution in [-0.2, 0) is 19.1 Å². The minimum atomic E-state index is -1.00. The number of benzene rings is 1. The maximum atomic E-state index is 12.5. The highest BCUT2D eigenvalue weighted by atomic mass is 16.7. The van der Waals surface area contributed by atoms with E-state index < -0.39 is 35.6 Å². The van der Waals surface area contributed by atoms with Gasteiger partial charge in [-0.25, -0.2) is 9.59 Å². The summed E-state index contributed by atoms with van der Waals surface area (Å²) in [5.41, 5.74) is -0.286. The summed E-state index contributed by atoms with van der Waals surface area (Å²) < 4.78 is 10.6. The Morgan fingerprint density at radius 1 is 1.18 bits per heavy atom. The number of nitrogens with zero attached hydrogens (tertiary/aromatic N) is 1. The van der Waals surface area contributed by atoms with E-state index in [4.69, 9.17) is 14.3 Å². The molecule has 0 unspecified atom stereocenters. The molecule has 2 heterocycles. The Labute approximate surface area is 161 Å². The van der Waals surface area contributed by atoms with E-state index in [1.165, 1.54) is 12.1 Å². The van der Waals surface area contributed by atoms with Crippen LogP contribution in [0.4, 0.5) is 4.79 Å². The van der Waals surface area contributed by atoms with Crippen molar-refractivity contribution < 1.29 is 33.5 Å². The Balaban J connectivity index is 1.59. The normalized spacial score (nSPS) is 21.5. The molecular weight excluding hydrogens is 368 g/mol. The largest absolute Gasteiger partial charge is 0.444 e. The SMILES string of the molecule is CC(C)(C)OC(=O)NC[C@H]1CCO[C@H]1C(=O)ON1C(=O)c2ccccc2C1=O. The van der Waals surface area contributed by atoms with Crippen molar-refractivity contribution in [2.45, 2.75) is 38.9 Å². The molecule has 9 heteroatoms. The Bertz CT molecular complexity index is 780. The van der Waals surface area contributed by atoms with Crippen LogP contribution in [0.3, 0.4) is 0 Å². The molecule has 2 aliphatic heterocycles. The fourth-order valence-corrected chi connectivity index (χ4v) is 3.02. The smallest absolute Gasteiger partial charge is 0.407 e. The third kappa shape index (κ3) is 4.14. The van der Waals surface area contributed by atoms with E-state index in [1.54, 1.807) is 32.9 Å². The van der Waals surface area contributed by atoms with Gasteiger partial charge >= 0.3 is 12.1 Å². The van der Waals surface area contributed by atoms with Gasteiger partial charge in [-0.3, -0.25) is 9.59 Å². The van der Waals surface area contributed by atoms with Crippen LogP contribution < -0.4 is 5.32 Å². The van der Waals surface area contributed by atoms with Crippen molar-refractivity contribution in [3.05, 3.63) is 35.4 Å². The topological polar surface area (TPSA) is 111 Å². The molecule has 1 saturated heterocycles. The Morgan fingerprint density at radius 2 is 1.79 bits per heavy atom. The number of ether oxygens (including phenoxy) is 2. The highest BCUT2D eigenvalue weighted by Gasteiger charge is 2.43. The highest BCUT2D eigenvalue weighted by Crippen LogP contribution is 2.26. The number of alkyl carbamates (subject to hydrolysis) is 1. The molecule has 0 spiro atoms. The zero-order valence-corrected chi connectivity index (χ0v) is 15.9. The van der Waals surface area contributed by atoms with Gasteiger partial charge in [0.25, 0.3) is 11.8 Å². The molecule has 2 atom stereocenters. The second-order valence-corrected chi connectivity index (χ2v) is 7.58. The first kappa shape index (κ1) is 19.8. The van der Waals surface area contributed by atoms with E-state index in [0.717, 1.165) is 0 Å². The third-order valence-electron chi connectivity index (χ3n) is 4.29. The van der Waals surface area contributed by atoms with E-state index in [2.05, 4.69) is 5.32 Å². The lowest BCUT2D eigenvalue weighted by Crippen LogP contribution is -2.42. The van der Waals surface area contributed by atoms with Crippen LogP contribution >= 0.6 is 0 Å². The van der Waals surface area contributed by atoms with Crippen molar-refractivity contribution >= 4 is 23.9 Å². The van der Waals surface area contributed by atoms with Crippen LogP contribution in [-0.4, -0.2) is 53.8 Å². The molecular formula is C19H22N2O7. The van der Waals surface area contributed by atoms with Gasteiger partial charge in [-0.1, -0.05) is 17.2 Å². The predicted molar refractivity (Wildman–Crippen MR) is 95.1 cm³/mol. The standard InChI is InChI=1S/C19H22N2O7/c1-19(2,3)27-18(25)20-10-11-8-9-26-14(11)17(24)28-21-15(22)12-6-4-5-7-13(12)16(21)23/h4-7,11,14H,8-10H2,1-3H3,(H,20,25)/t11-,14-/m1/s1. The molecule has 0 saturated carbocycles. The summed E-state index contributed by atoms with van der Waals surface area (Å²) in [5, 5.41) is 3.05. The van der Waals surface area contributed by atoms with Crippen molar-refractivity contribution in [1.29, 1.82) is 0 Å². The second-order valence-electron chi connectivity index (χ2n) is 7.58. The van der Waals surface area contributed by atoms with Crippen LogP contribution in [0.2, 0.25) is 0 Å². The van der Waals surface area contributed by atoms with Crippen LogP contribution in [0.1, 0.15) is 47.9 Å². The minimum Gasteiger partial charge on any atom is -0.444 e. The van der Waals surface area contributed by atoms with Crippen LogP contribution in [0, 0.1) is 5.92 Å². The van der Waals surface area contributed by atoms with Gasteiger partial charge in [-0.05, 0) is 39.3 Å². The Morgan fingerprint density at radius 3 is 2.36 bits per heavy atom. The fourth-order valence-electron chi connectivity index (χ4n) is 3.02. The van der Waals surface area contributed by atoms with E-state index in [1.807, 2.05) is 0 Å². The summed E-state index contributed by atoms with van der Waals surface area (Å²) >= 11 is 0. The van der Waals surface area contributed by atoms with Crippen molar-refractivity contribution in [3.8, 4) is 0 Å². The first-order chi connectivity index (χ1) is 13.2. The molecule has 2 aliphatic rings. The molecule has 1 aromatic rings. The van der Waals surface area contributed by atoms with E-state index >= 15 is 0 Å². The second kappa shape index (κ2) is 7.59. The fraction of sp³-hybridized carbons (Fsp3) is 0.474. The van der Waals surface area contributed by atoms with Gasteiger partial charge in [0.2, 0.25) is 0 Å². The van der Waals surface area contributed by atoms with Gasteiger partial charge in [-0.2, -0.15) is 0 Å². The molecule has 3 amide bonds. The summed E-state index contributed by atoms with van der Waals surface area (Å²) in [6.45, 7) is 5.66. The quantitative estimate of drug-likeness (QED) is 0.779. The maximum Gasteiger partial charge on any atom is 0.407 e. The zero-order valence-electron chi connectivity index (χ0n) is 15.9. The summed E-state index contributed by atoms with van der Waals surface area (Å²) in [4.78, 5) is 53.9. The van der Waals surface area contributed by atoms with E-state index in [-0.39, 0.29) is 23.6 Å². The molecule has 1 fully saturated rings. The Hall–Kier alpha value is -2.94. The first-order valence-electron chi connectivity index (χ1n) is 8.95. The summed E-state index contributed by atoms with van der Waals surface area (Å²) in [7, 11) is 0. The molecule has 3 rings (SSSR count).